The molecular weight excluding hydrogens is 390 g/mol. The lowest BCUT2D eigenvalue weighted by Gasteiger charge is -2.29. The highest BCUT2D eigenvalue weighted by atomic mass is 32.1. The van der Waals surface area contributed by atoms with Crippen molar-refractivity contribution in [2.24, 2.45) is 0 Å². The van der Waals surface area contributed by atoms with Crippen LogP contribution < -0.4 is 5.56 Å². The molecule has 1 aliphatic heterocycles. The lowest BCUT2D eigenvalue weighted by Crippen LogP contribution is -2.42. The molecule has 3 aromatic rings. The fourth-order valence-corrected chi connectivity index (χ4v) is 4.46. The third-order valence-corrected chi connectivity index (χ3v) is 6.15. The quantitative estimate of drug-likeness (QED) is 0.615. The zero-order valence-corrected chi connectivity index (χ0v) is 17.1. The summed E-state index contributed by atoms with van der Waals surface area (Å²) in [4.78, 5) is 44.9. The van der Waals surface area contributed by atoms with Crippen molar-refractivity contribution in [3.63, 3.8) is 0 Å². The zero-order chi connectivity index (χ0) is 20.5. The van der Waals surface area contributed by atoms with Gasteiger partial charge in [-0.05, 0) is 48.9 Å². The van der Waals surface area contributed by atoms with Crippen molar-refractivity contribution in [1.29, 1.82) is 0 Å². The van der Waals surface area contributed by atoms with Crippen molar-refractivity contribution < 1.29 is 14.3 Å². The minimum absolute atomic E-state index is 0.227. The molecule has 150 valence electrons. The molecule has 1 aliphatic rings. The van der Waals surface area contributed by atoms with E-state index in [4.69, 9.17) is 4.74 Å². The molecule has 3 heterocycles. The molecule has 1 amide bonds. The smallest absolute Gasteiger partial charge is 0.326 e. The van der Waals surface area contributed by atoms with Crippen molar-refractivity contribution in [3.8, 4) is 0 Å². The Bertz CT molecular complexity index is 1150. The minimum Gasteiger partial charge on any atom is -0.451 e. The Morgan fingerprint density at radius 3 is 2.97 bits per heavy atom. The third kappa shape index (κ3) is 3.80. The van der Waals surface area contributed by atoms with Crippen molar-refractivity contribution in [3.05, 3.63) is 62.3 Å². The Morgan fingerprint density at radius 1 is 1.31 bits per heavy atom. The fourth-order valence-electron chi connectivity index (χ4n) is 3.57. The van der Waals surface area contributed by atoms with Gasteiger partial charge in [0.05, 0.1) is 17.2 Å². The molecule has 0 saturated carbocycles. The number of hydrogen-bond acceptors (Lipinski definition) is 6. The highest BCUT2D eigenvalue weighted by molar-refractivity contribution is 7.10. The van der Waals surface area contributed by atoms with Crippen LogP contribution in [0.25, 0.3) is 10.9 Å². The van der Waals surface area contributed by atoms with Gasteiger partial charge in [0.25, 0.3) is 11.5 Å². The summed E-state index contributed by atoms with van der Waals surface area (Å²) >= 11 is 1.70. The number of para-hydroxylation sites is 1. The van der Waals surface area contributed by atoms with Crippen LogP contribution in [0.5, 0.6) is 0 Å². The molecule has 7 nitrogen and oxygen atoms in total. The molecule has 0 bridgehead atoms. The van der Waals surface area contributed by atoms with Gasteiger partial charge in [0.1, 0.15) is 6.54 Å². The summed E-state index contributed by atoms with van der Waals surface area (Å²) in [6, 6.07) is 7.36. The summed E-state index contributed by atoms with van der Waals surface area (Å²) in [6.45, 7) is 4.30. The number of benzene rings is 1. The topological polar surface area (TPSA) is 81.5 Å². The van der Waals surface area contributed by atoms with Gasteiger partial charge in [0.2, 0.25) is 0 Å². The molecule has 1 atom stereocenters. The minimum atomic E-state index is -0.908. The molecule has 0 fully saturated rings. The van der Waals surface area contributed by atoms with Gasteiger partial charge in [-0.2, -0.15) is 0 Å². The predicted molar refractivity (Wildman–Crippen MR) is 110 cm³/mol. The average molecular weight is 411 g/mol. The second-order valence-corrected chi connectivity index (χ2v) is 8.16. The van der Waals surface area contributed by atoms with Crippen molar-refractivity contribution >= 4 is 34.1 Å². The Labute approximate surface area is 171 Å². The van der Waals surface area contributed by atoms with E-state index < -0.39 is 12.1 Å². The highest BCUT2D eigenvalue weighted by Gasteiger charge is 2.27. The number of hydrogen-bond donors (Lipinski definition) is 0. The van der Waals surface area contributed by atoms with E-state index in [9.17, 15) is 14.4 Å². The number of rotatable bonds is 4. The molecule has 0 saturated heterocycles. The monoisotopic (exact) mass is 411 g/mol. The van der Waals surface area contributed by atoms with Gasteiger partial charge < -0.3 is 9.64 Å². The van der Waals surface area contributed by atoms with Crippen molar-refractivity contribution in [2.45, 2.75) is 39.5 Å². The largest absolute Gasteiger partial charge is 0.451 e. The van der Waals surface area contributed by atoms with Gasteiger partial charge in [-0.25, -0.2) is 4.98 Å². The van der Waals surface area contributed by atoms with Gasteiger partial charge in [-0.3, -0.25) is 19.0 Å². The first-order valence-corrected chi connectivity index (χ1v) is 10.3. The van der Waals surface area contributed by atoms with Crippen LogP contribution in [0.4, 0.5) is 0 Å². The molecule has 8 heteroatoms. The molecule has 0 N–H and O–H groups in total. The molecule has 29 heavy (non-hydrogen) atoms. The first-order chi connectivity index (χ1) is 13.9. The van der Waals surface area contributed by atoms with Crippen molar-refractivity contribution in [1.82, 2.24) is 14.5 Å². The first-order valence-electron chi connectivity index (χ1n) is 9.42. The normalized spacial score (nSPS) is 14.5. The van der Waals surface area contributed by atoms with Crippen LogP contribution in [0.2, 0.25) is 0 Å². The lowest BCUT2D eigenvalue weighted by molar-refractivity contribution is -0.160. The molecular formula is C21H21N3O4S. The maximum atomic E-state index is 12.7. The Kier molecular flexibility index (Phi) is 5.19. The van der Waals surface area contributed by atoms with Crippen LogP contribution in [0, 0.1) is 6.92 Å². The van der Waals surface area contributed by atoms with E-state index in [1.807, 2.05) is 24.4 Å². The van der Waals surface area contributed by atoms with Gasteiger partial charge in [0, 0.05) is 18.0 Å². The van der Waals surface area contributed by atoms with Crippen LogP contribution in [-0.2, 0) is 33.8 Å². The number of thiophene rings is 1. The SMILES string of the molecule is Cc1cccc2c(=O)n(CC(=O)OC(C)C(=O)N3CCc4sccc4C3)cnc12. The van der Waals surface area contributed by atoms with Crippen LogP contribution in [0.3, 0.4) is 0 Å². The Morgan fingerprint density at radius 2 is 2.14 bits per heavy atom. The second-order valence-electron chi connectivity index (χ2n) is 7.16. The molecule has 0 spiro atoms. The zero-order valence-electron chi connectivity index (χ0n) is 16.3. The number of esters is 1. The summed E-state index contributed by atoms with van der Waals surface area (Å²) in [5, 5.41) is 2.48. The van der Waals surface area contributed by atoms with E-state index in [2.05, 4.69) is 4.98 Å². The number of nitrogens with zero attached hydrogens (tertiary/aromatic N) is 3. The number of aromatic nitrogens is 2. The third-order valence-electron chi connectivity index (χ3n) is 5.13. The predicted octanol–water partition coefficient (Wildman–Crippen LogP) is 2.28. The van der Waals surface area contributed by atoms with Gasteiger partial charge in [0.15, 0.2) is 6.10 Å². The van der Waals surface area contributed by atoms with Gasteiger partial charge in [-0.15, -0.1) is 11.3 Å². The van der Waals surface area contributed by atoms with Crippen molar-refractivity contribution in [2.75, 3.05) is 6.54 Å². The summed E-state index contributed by atoms with van der Waals surface area (Å²) < 4.78 is 6.52. The van der Waals surface area contributed by atoms with Crippen LogP contribution in [0.15, 0.2) is 40.8 Å². The number of aryl methyl sites for hydroxylation is 1. The highest BCUT2D eigenvalue weighted by Crippen LogP contribution is 2.24. The summed E-state index contributed by atoms with van der Waals surface area (Å²) in [5.41, 5.74) is 2.35. The van der Waals surface area contributed by atoms with Crippen LogP contribution >= 0.6 is 11.3 Å². The van der Waals surface area contributed by atoms with E-state index in [0.717, 1.165) is 17.5 Å². The number of fused-ring (bicyclic) bond motifs is 2. The molecule has 0 aliphatic carbocycles. The van der Waals surface area contributed by atoms with E-state index in [0.29, 0.717) is 24.0 Å². The molecule has 1 unspecified atom stereocenters. The molecule has 0 radical (unpaired) electrons. The standard InChI is InChI=1S/C21H21N3O4S/c1-13-4-3-5-16-19(13)22-12-24(21(16)27)11-18(25)28-14(2)20(26)23-8-6-17-15(10-23)7-9-29-17/h3-5,7,9,12,14H,6,8,10-11H2,1-2H3. The fraction of sp³-hybridized carbons (Fsp3) is 0.333. The molecule has 2 aromatic heterocycles. The van der Waals surface area contributed by atoms with Crippen LogP contribution in [0.1, 0.15) is 22.9 Å². The van der Waals surface area contributed by atoms with E-state index in [1.54, 1.807) is 35.3 Å². The van der Waals surface area contributed by atoms with Crippen LogP contribution in [-0.4, -0.2) is 39.0 Å². The Balaban J connectivity index is 1.42. The molecule has 1 aromatic carbocycles. The maximum absolute atomic E-state index is 12.7. The van der Waals surface area contributed by atoms with Gasteiger partial charge >= 0.3 is 5.97 Å². The lowest BCUT2D eigenvalue weighted by atomic mass is 10.1. The number of amides is 1. The number of carbonyl (C=O) groups is 2. The maximum Gasteiger partial charge on any atom is 0.326 e. The Hall–Kier alpha value is -3.00. The second kappa shape index (κ2) is 7.79. The average Bonchev–Trinajstić information content (AvgIpc) is 3.17. The summed E-state index contributed by atoms with van der Waals surface area (Å²) in [7, 11) is 0. The van der Waals surface area contributed by atoms with E-state index >= 15 is 0 Å². The number of carbonyl (C=O) groups excluding carboxylic acids is 2. The summed E-state index contributed by atoms with van der Waals surface area (Å²) in [5.74, 6) is -0.871. The van der Waals surface area contributed by atoms with Gasteiger partial charge in [-0.1, -0.05) is 12.1 Å². The summed E-state index contributed by atoms with van der Waals surface area (Å²) in [6.07, 6.45) is 1.25. The van der Waals surface area contributed by atoms with E-state index in [-0.39, 0.29) is 18.0 Å². The molecule has 4 rings (SSSR count). The first kappa shape index (κ1) is 19.3. The van der Waals surface area contributed by atoms with E-state index in [1.165, 1.54) is 15.8 Å². The number of ether oxygens (including phenoxy) is 1.